The molecule has 6 nitrogen and oxygen atoms in total. The number of amides is 1. The lowest BCUT2D eigenvalue weighted by molar-refractivity contribution is 0.0780. The standard InChI is InChI=1S/C11H12ClN5O/c1-16(7-10-13-14-15-17(10)2)11(18)8-3-5-9(12)6-4-8/h3-6H,7H2,1-2H3. The highest BCUT2D eigenvalue weighted by Gasteiger charge is 2.14. The summed E-state index contributed by atoms with van der Waals surface area (Å²) in [4.78, 5) is 13.6. The monoisotopic (exact) mass is 265 g/mol. The van der Waals surface area contributed by atoms with Crippen molar-refractivity contribution in [2.75, 3.05) is 7.05 Å². The van der Waals surface area contributed by atoms with Gasteiger partial charge in [0.15, 0.2) is 5.82 Å². The van der Waals surface area contributed by atoms with E-state index in [1.54, 1.807) is 43.3 Å². The van der Waals surface area contributed by atoms with Crippen molar-refractivity contribution < 1.29 is 4.79 Å². The van der Waals surface area contributed by atoms with Crippen LogP contribution >= 0.6 is 11.6 Å². The van der Waals surface area contributed by atoms with Crippen LogP contribution in [-0.2, 0) is 13.6 Å². The molecule has 0 aliphatic heterocycles. The topological polar surface area (TPSA) is 63.9 Å². The van der Waals surface area contributed by atoms with Gasteiger partial charge in [0.2, 0.25) is 0 Å². The highest BCUT2D eigenvalue weighted by Crippen LogP contribution is 2.11. The Bertz CT molecular complexity index is 551. The number of benzene rings is 1. The van der Waals surface area contributed by atoms with Crippen LogP contribution in [-0.4, -0.2) is 38.1 Å². The summed E-state index contributed by atoms with van der Waals surface area (Å²) in [5, 5.41) is 11.7. The van der Waals surface area contributed by atoms with E-state index in [9.17, 15) is 4.79 Å². The van der Waals surface area contributed by atoms with Crippen LogP contribution in [0, 0.1) is 0 Å². The Hall–Kier alpha value is -1.95. The lowest BCUT2D eigenvalue weighted by Gasteiger charge is -2.16. The van der Waals surface area contributed by atoms with Crippen LogP contribution in [0.3, 0.4) is 0 Å². The number of hydrogen-bond acceptors (Lipinski definition) is 4. The minimum absolute atomic E-state index is 0.102. The van der Waals surface area contributed by atoms with E-state index in [4.69, 9.17) is 11.6 Å². The van der Waals surface area contributed by atoms with Gasteiger partial charge in [0.05, 0.1) is 6.54 Å². The summed E-state index contributed by atoms with van der Waals surface area (Å²) < 4.78 is 1.53. The predicted molar refractivity (Wildman–Crippen MR) is 66.0 cm³/mol. The normalized spacial score (nSPS) is 10.4. The molecule has 0 aliphatic rings. The van der Waals surface area contributed by atoms with Crippen LogP contribution in [0.5, 0.6) is 0 Å². The number of aromatic nitrogens is 4. The van der Waals surface area contributed by atoms with Crippen LogP contribution in [0.15, 0.2) is 24.3 Å². The van der Waals surface area contributed by atoms with E-state index < -0.39 is 0 Å². The van der Waals surface area contributed by atoms with Crippen LogP contribution < -0.4 is 0 Å². The van der Waals surface area contributed by atoms with Crippen molar-refractivity contribution in [3.8, 4) is 0 Å². The third-order valence-corrected chi connectivity index (χ3v) is 2.78. The van der Waals surface area contributed by atoms with Gasteiger partial charge in [-0.25, -0.2) is 4.68 Å². The van der Waals surface area contributed by atoms with Crippen LogP contribution in [0.2, 0.25) is 5.02 Å². The third kappa shape index (κ3) is 2.65. The molecule has 0 atom stereocenters. The van der Waals surface area contributed by atoms with E-state index in [1.807, 2.05) is 0 Å². The Kier molecular flexibility index (Phi) is 3.57. The number of nitrogens with zero attached hydrogens (tertiary/aromatic N) is 5. The van der Waals surface area contributed by atoms with Crippen molar-refractivity contribution in [1.29, 1.82) is 0 Å². The summed E-state index contributed by atoms with van der Waals surface area (Å²) in [5.74, 6) is 0.523. The molecule has 0 unspecified atom stereocenters. The Morgan fingerprint density at radius 1 is 1.39 bits per heavy atom. The number of tetrazole rings is 1. The maximum atomic E-state index is 12.1. The molecule has 1 heterocycles. The summed E-state index contributed by atoms with van der Waals surface area (Å²) in [6, 6.07) is 6.76. The molecule has 18 heavy (non-hydrogen) atoms. The van der Waals surface area contributed by atoms with E-state index in [0.29, 0.717) is 23.0 Å². The Morgan fingerprint density at radius 3 is 2.61 bits per heavy atom. The highest BCUT2D eigenvalue weighted by molar-refractivity contribution is 6.30. The minimum Gasteiger partial charge on any atom is -0.334 e. The fourth-order valence-electron chi connectivity index (χ4n) is 1.48. The second-order valence-corrected chi connectivity index (χ2v) is 4.32. The van der Waals surface area contributed by atoms with Gasteiger partial charge in [-0.15, -0.1) is 5.10 Å². The summed E-state index contributed by atoms with van der Waals surface area (Å²) in [6.45, 7) is 0.352. The maximum absolute atomic E-state index is 12.1. The smallest absolute Gasteiger partial charge is 0.254 e. The number of aryl methyl sites for hydroxylation is 1. The Labute approximate surface area is 109 Å². The Balaban J connectivity index is 2.09. The van der Waals surface area contributed by atoms with Gasteiger partial charge in [-0.1, -0.05) is 11.6 Å². The van der Waals surface area contributed by atoms with Gasteiger partial charge < -0.3 is 4.90 Å². The first kappa shape index (κ1) is 12.5. The van der Waals surface area contributed by atoms with Crippen molar-refractivity contribution in [1.82, 2.24) is 25.1 Å². The molecule has 0 fully saturated rings. The fraction of sp³-hybridized carbons (Fsp3) is 0.273. The molecule has 1 amide bonds. The summed E-state index contributed by atoms with van der Waals surface area (Å²) in [7, 11) is 3.43. The molecule has 2 aromatic rings. The van der Waals surface area contributed by atoms with Crippen LogP contribution in [0.25, 0.3) is 0 Å². The molecule has 0 N–H and O–H groups in total. The first-order chi connectivity index (χ1) is 8.58. The van der Waals surface area contributed by atoms with Crippen molar-refractivity contribution in [3.05, 3.63) is 40.7 Å². The van der Waals surface area contributed by atoms with Gasteiger partial charge in [0.1, 0.15) is 0 Å². The molecule has 0 bridgehead atoms. The van der Waals surface area contributed by atoms with Crippen LogP contribution in [0.1, 0.15) is 16.2 Å². The SMILES string of the molecule is CN(Cc1nnnn1C)C(=O)c1ccc(Cl)cc1. The molecule has 1 aromatic carbocycles. The van der Waals surface area contributed by atoms with Crippen molar-refractivity contribution in [3.63, 3.8) is 0 Å². The molecule has 1 aromatic heterocycles. The van der Waals surface area contributed by atoms with Crippen molar-refractivity contribution in [2.24, 2.45) is 7.05 Å². The van der Waals surface area contributed by atoms with E-state index in [2.05, 4.69) is 15.5 Å². The number of carbonyl (C=O) groups excluding carboxylic acids is 1. The van der Waals surface area contributed by atoms with Crippen LogP contribution in [0.4, 0.5) is 0 Å². The zero-order valence-electron chi connectivity index (χ0n) is 10.0. The second kappa shape index (κ2) is 5.14. The van der Waals surface area contributed by atoms with E-state index in [1.165, 1.54) is 4.68 Å². The lowest BCUT2D eigenvalue weighted by Crippen LogP contribution is -2.27. The first-order valence-electron chi connectivity index (χ1n) is 5.30. The molecule has 7 heteroatoms. The first-order valence-corrected chi connectivity index (χ1v) is 5.68. The quantitative estimate of drug-likeness (QED) is 0.835. The molecule has 0 aliphatic carbocycles. The molecular formula is C11H12ClN5O. The van der Waals surface area contributed by atoms with Gasteiger partial charge >= 0.3 is 0 Å². The van der Waals surface area contributed by atoms with Gasteiger partial charge in [-0.05, 0) is 34.7 Å². The molecule has 0 saturated heterocycles. The highest BCUT2D eigenvalue weighted by atomic mass is 35.5. The number of hydrogen-bond donors (Lipinski definition) is 0. The van der Waals surface area contributed by atoms with Gasteiger partial charge in [-0.3, -0.25) is 4.79 Å². The molecule has 2 rings (SSSR count). The van der Waals surface area contributed by atoms with Gasteiger partial charge in [-0.2, -0.15) is 0 Å². The average molecular weight is 266 g/mol. The lowest BCUT2D eigenvalue weighted by atomic mass is 10.2. The summed E-state index contributed by atoms with van der Waals surface area (Å²) in [5.41, 5.74) is 0.581. The zero-order chi connectivity index (χ0) is 13.1. The summed E-state index contributed by atoms with van der Waals surface area (Å²) in [6.07, 6.45) is 0. The average Bonchev–Trinajstić information content (AvgIpc) is 2.75. The Morgan fingerprint density at radius 2 is 2.06 bits per heavy atom. The largest absolute Gasteiger partial charge is 0.334 e. The zero-order valence-corrected chi connectivity index (χ0v) is 10.8. The number of rotatable bonds is 3. The molecule has 0 saturated carbocycles. The van der Waals surface area contributed by atoms with Crippen molar-refractivity contribution >= 4 is 17.5 Å². The van der Waals surface area contributed by atoms with Crippen molar-refractivity contribution in [2.45, 2.75) is 6.54 Å². The van der Waals surface area contributed by atoms with E-state index >= 15 is 0 Å². The second-order valence-electron chi connectivity index (χ2n) is 3.89. The number of halogens is 1. The fourth-order valence-corrected chi connectivity index (χ4v) is 1.60. The van der Waals surface area contributed by atoms with E-state index in [-0.39, 0.29) is 5.91 Å². The molecular weight excluding hydrogens is 254 g/mol. The molecule has 0 spiro atoms. The third-order valence-electron chi connectivity index (χ3n) is 2.52. The van der Waals surface area contributed by atoms with E-state index in [0.717, 1.165) is 0 Å². The maximum Gasteiger partial charge on any atom is 0.254 e. The molecule has 94 valence electrons. The van der Waals surface area contributed by atoms with Gasteiger partial charge in [0.25, 0.3) is 5.91 Å². The predicted octanol–water partition coefficient (Wildman–Crippen LogP) is 1.14. The van der Waals surface area contributed by atoms with Gasteiger partial charge in [0, 0.05) is 24.7 Å². The molecule has 0 radical (unpaired) electrons. The summed E-state index contributed by atoms with van der Waals surface area (Å²) >= 11 is 5.78. The number of carbonyl (C=O) groups is 1. The minimum atomic E-state index is -0.102.